The van der Waals surface area contributed by atoms with Crippen LogP contribution in [-0.4, -0.2) is 44.1 Å². The largest absolute Gasteiger partial charge is 0.494 e. The number of esters is 1. The summed E-state index contributed by atoms with van der Waals surface area (Å²) >= 11 is 0. The van der Waals surface area contributed by atoms with Gasteiger partial charge in [0.05, 0.1) is 13.7 Å². The molecule has 1 aromatic rings. The van der Waals surface area contributed by atoms with E-state index in [9.17, 15) is 9.59 Å². The Hall–Kier alpha value is -2.04. The number of methoxy groups -OCH3 is 1. The first-order chi connectivity index (χ1) is 9.58. The molecule has 0 saturated heterocycles. The van der Waals surface area contributed by atoms with E-state index in [0.29, 0.717) is 31.6 Å². The molecule has 0 spiro atoms. The molecule has 1 rings (SSSR count). The van der Waals surface area contributed by atoms with E-state index in [4.69, 9.17) is 4.74 Å². The van der Waals surface area contributed by atoms with Crippen molar-refractivity contribution in [3.63, 3.8) is 0 Å². The fourth-order valence-corrected chi connectivity index (χ4v) is 1.74. The van der Waals surface area contributed by atoms with Crippen molar-refractivity contribution in [2.75, 3.05) is 27.3 Å². The summed E-state index contributed by atoms with van der Waals surface area (Å²) in [6, 6.07) is 7.03. The Bertz CT molecular complexity index is 442. The maximum atomic E-state index is 12.1. The monoisotopic (exact) mass is 279 g/mol. The van der Waals surface area contributed by atoms with Gasteiger partial charge in [-0.3, -0.25) is 9.59 Å². The van der Waals surface area contributed by atoms with E-state index >= 15 is 0 Å². The molecule has 0 aliphatic heterocycles. The normalized spacial score (nSPS) is 9.95. The highest BCUT2D eigenvalue weighted by atomic mass is 16.5. The molecule has 0 aliphatic carbocycles. The van der Waals surface area contributed by atoms with Crippen LogP contribution < -0.4 is 4.74 Å². The topological polar surface area (TPSA) is 55.8 Å². The maximum Gasteiger partial charge on any atom is 0.305 e. The third-order valence-electron chi connectivity index (χ3n) is 2.86. The molecule has 1 amide bonds. The van der Waals surface area contributed by atoms with E-state index < -0.39 is 0 Å². The van der Waals surface area contributed by atoms with Gasteiger partial charge in [-0.05, 0) is 37.6 Å². The summed E-state index contributed by atoms with van der Waals surface area (Å²) in [5.41, 5.74) is 0.606. The van der Waals surface area contributed by atoms with Gasteiger partial charge < -0.3 is 14.4 Å². The highest BCUT2D eigenvalue weighted by Crippen LogP contribution is 2.13. The van der Waals surface area contributed by atoms with Crippen LogP contribution in [0, 0.1) is 0 Å². The van der Waals surface area contributed by atoms with Crippen molar-refractivity contribution < 1.29 is 19.1 Å². The molecule has 0 bridgehead atoms. The van der Waals surface area contributed by atoms with Gasteiger partial charge in [0.15, 0.2) is 0 Å². The predicted molar refractivity (Wildman–Crippen MR) is 75.8 cm³/mol. The Morgan fingerprint density at radius 3 is 2.40 bits per heavy atom. The summed E-state index contributed by atoms with van der Waals surface area (Å²) < 4.78 is 9.89. The van der Waals surface area contributed by atoms with Gasteiger partial charge in [-0.2, -0.15) is 0 Å². The number of nitrogens with zero attached hydrogens (tertiary/aromatic N) is 1. The maximum absolute atomic E-state index is 12.1. The second-order valence-electron chi connectivity index (χ2n) is 4.36. The summed E-state index contributed by atoms with van der Waals surface area (Å²) in [6.07, 6.45) is 0.906. The van der Waals surface area contributed by atoms with Gasteiger partial charge in [0.1, 0.15) is 5.75 Å². The molecule has 110 valence electrons. The number of hydrogen-bond donors (Lipinski definition) is 0. The summed E-state index contributed by atoms with van der Waals surface area (Å²) in [5.74, 6) is 0.419. The lowest BCUT2D eigenvalue weighted by Crippen LogP contribution is -2.28. The van der Waals surface area contributed by atoms with Crippen molar-refractivity contribution in [1.82, 2.24) is 4.90 Å². The van der Waals surface area contributed by atoms with Gasteiger partial charge in [0, 0.05) is 25.6 Å². The molecular weight excluding hydrogens is 258 g/mol. The van der Waals surface area contributed by atoms with Crippen LogP contribution in [0.25, 0.3) is 0 Å². The highest BCUT2D eigenvalue weighted by molar-refractivity contribution is 5.94. The van der Waals surface area contributed by atoms with Crippen LogP contribution in [0.4, 0.5) is 0 Å². The Morgan fingerprint density at radius 1 is 1.20 bits per heavy atom. The zero-order chi connectivity index (χ0) is 15.0. The van der Waals surface area contributed by atoms with Crippen molar-refractivity contribution in [3.05, 3.63) is 29.8 Å². The number of carbonyl (C=O) groups is 2. The Morgan fingerprint density at radius 2 is 1.85 bits per heavy atom. The molecule has 1 aromatic carbocycles. The van der Waals surface area contributed by atoms with Crippen LogP contribution in [0.1, 0.15) is 30.1 Å². The smallest absolute Gasteiger partial charge is 0.305 e. The van der Waals surface area contributed by atoms with Crippen LogP contribution in [0.3, 0.4) is 0 Å². The van der Waals surface area contributed by atoms with Crippen molar-refractivity contribution >= 4 is 11.9 Å². The first kappa shape index (κ1) is 16.0. The quantitative estimate of drug-likeness (QED) is 0.717. The van der Waals surface area contributed by atoms with Gasteiger partial charge in [-0.15, -0.1) is 0 Å². The first-order valence-corrected chi connectivity index (χ1v) is 6.63. The third kappa shape index (κ3) is 4.91. The van der Waals surface area contributed by atoms with Crippen molar-refractivity contribution in [2.24, 2.45) is 0 Å². The molecule has 0 saturated carbocycles. The Kier molecular flexibility index (Phi) is 6.56. The third-order valence-corrected chi connectivity index (χ3v) is 2.86. The molecule has 0 heterocycles. The SMILES string of the molecule is CCOc1ccc(C(=O)N(C)CCCC(=O)OC)cc1. The van der Waals surface area contributed by atoms with E-state index in [0.717, 1.165) is 5.75 Å². The second-order valence-corrected chi connectivity index (χ2v) is 4.36. The molecule has 0 aromatic heterocycles. The summed E-state index contributed by atoms with van der Waals surface area (Å²) in [5, 5.41) is 0. The fourth-order valence-electron chi connectivity index (χ4n) is 1.74. The van der Waals surface area contributed by atoms with Crippen molar-refractivity contribution in [2.45, 2.75) is 19.8 Å². The molecule has 0 N–H and O–H groups in total. The minimum absolute atomic E-state index is 0.0714. The average molecular weight is 279 g/mol. The molecule has 0 unspecified atom stereocenters. The Balaban J connectivity index is 2.49. The highest BCUT2D eigenvalue weighted by Gasteiger charge is 2.12. The van der Waals surface area contributed by atoms with Crippen LogP contribution in [0.2, 0.25) is 0 Å². The molecule has 20 heavy (non-hydrogen) atoms. The van der Waals surface area contributed by atoms with Gasteiger partial charge in [0.25, 0.3) is 5.91 Å². The second kappa shape index (κ2) is 8.19. The number of hydrogen-bond acceptors (Lipinski definition) is 4. The zero-order valence-electron chi connectivity index (χ0n) is 12.2. The lowest BCUT2D eigenvalue weighted by molar-refractivity contribution is -0.140. The van der Waals surface area contributed by atoms with E-state index in [1.807, 2.05) is 6.92 Å². The van der Waals surface area contributed by atoms with E-state index in [2.05, 4.69) is 4.74 Å². The summed E-state index contributed by atoms with van der Waals surface area (Å²) in [6.45, 7) is 3.02. The van der Waals surface area contributed by atoms with Gasteiger partial charge in [0.2, 0.25) is 0 Å². The van der Waals surface area contributed by atoms with Crippen LogP contribution in [-0.2, 0) is 9.53 Å². The number of benzene rings is 1. The standard InChI is InChI=1S/C15H21NO4/c1-4-20-13-9-7-12(8-10-13)15(18)16(2)11-5-6-14(17)19-3/h7-10H,4-6,11H2,1-3H3. The lowest BCUT2D eigenvalue weighted by atomic mass is 10.2. The minimum atomic E-state index is -0.257. The summed E-state index contributed by atoms with van der Waals surface area (Å²) in [4.78, 5) is 24.7. The van der Waals surface area contributed by atoms with Gasteiger partial charge >= 0.3 is 5.97 Å². The molecular formula is C15H21NO4. The number of ether oxygens (including phenoxy) is 2. The number of carbonyl (C=O) groups excluding carboxylic acids is 2. The van der Waals surface area contributed by atoms with Crippen molar-refractivity contribution in [1.29, 1.82) is 0 Å². The lowest BCUT2D eigenvalue weighted by Gasteiger charge is -2.17. The van der Waals surface area contributed by atoms with E-state index in [-0.39, 0.29) is 11.9 Å². The Labute approximate surface area is 119 Å². The van der Waals surface area contributed by atoms with E-state index in [1.165, 1.54) is 7.11 Å². The van der Waals surface area contributed by atoms with Crippen LogP contribution in [0.15, 0.2) is 24.3 Å². The van der Waals surface area contributed by atoms with E-state index in [1.54, 1.807) is 36.2 Å². The molecule has 5 nitrogen and oxygen atoms in total. The van der Waals surface area contributed by atoms with Crippen LogP contribution >= 0.6 is 0 Å². The number of rotatable bonds is 7. The first-order valence-electron chi connectivity index (χ1n) is 6.63. The zero-order valence-corrected chi connectivity index (χ0v) is 12.2. The average Bonchev–Trinajstić information content (AvgIpc) is 2.47. The molecule has 5 heteroatoms. The van der Waals surface area contributed by atoms with Gasteiger partial charge in [-0.25, -0.2) is 0 Å². The van der Waals surface area contributed by atoms with Gasteiger partial charge in [-0.1, -0.05) is 0 Å². The molecule has 0 radical (unpaired) electrons. The molecule has 0 fully saturated rings. The predicted octanol–water partition coefficient (Wildman–Crippen LogP) is 2.11. The fraction of sp³-hybridized carbons (Fsp3) is 0.467. The van der Waals surface area contributed by atoms with Crippen molar-refractivity contribution in [3.8, 4) is 5.75 Å². The van der Waals surface area contributed by atoms with Crippen LogP contribution in [0.5, 0.6) is 5.75 Å². The molecule has 0 atom stereocenters. The molecule has 0 aliphatic rings. The summed E-state index contributed by atoms with van der Waals surface area (Å²) in [7, 11) is 3.08. The minimum Gasteiger partial charge on any atom is -0.494 e. The number of amides is 1.